The minimum atomic E-state index is -0.969. The quantitative estimate of drug-likeness (QED) is 0.921. The Morgan fingerprint density at radius 3 is 2.45 bits per heavy atom. The van der Waals surface area contributed by atoms with Crippen LogP contribution in [0.5, 0.6) is 0 Å². The average molecular weight is 301 g/mol. The number of hydrogen-bond donors (Lipinski definition) is 1. The van der Waals surface area contributed by atoms with E-state index >= 15 is 0 Å². The Hall–Kier alpha value is -2.44. The molecule has 0 radical (unpaired) electrons. The number of aromatic nitrogens is 4. The Labute approximate surface area is 128 Å². The molecule has 3 rings (SSSR count). The predicted molar refractivity (Wildman–Crippen MR) is 80.8 cm³/mol. The summed E-state index contributed by atoms with van der Waals surface area (Å²) in [5.74, 6) is -0.0357. The number of carbonyl (C=O) groups is 1. The van der Waals surface area contributed by atoms with E-state index in [2.05, 4.69) is 20.2 Å². The SMILES string of the molecule is Cc1cnn(C2(C(=O)O)CCN(c3ccc(C)nn3)CC2)c1. The van der Waals surface area contributed by atoms with Crippen LogP contribution in [0, 0.1) is 13.8 Å². The summed E-state index contributed by atoms with van der Waals surface area (Å²) >= 11 is 0. The van der Waals surface area contributed by atoms with Crippen molar-refractivity contribution in [3.8, 4) is 0 Å². The number of hydrogen-bond acceptors (Lipinski definition) is 5. The second kappa shape index (κ2) is 5.40. The molecular formula is C15H19N5O2. The highest BCUT2D eigenvalue weighted by atomic mass is 16.4. The van der Waals surface area contributed by atoms with Crippen molar-refractivity contribution in [2.75, 3.05) is 18.0 Å². The number of rotatable bonds is 3. The molecule has 2 aromatic heterocycles. The third-order valence-corrected chi connectivity index (χ3v) is 4.25. The standard InChI is InChI=1S/C15H19N5O2/c1-11-9-16-20(10-11)15(14(21)22)5-7-19(8-6-15)13-4-3-12(2)17-18-13/h3-4,9-10H,5-8H2,1-2H3,(H,21,22). The van der Waals surface area contributed by atoms with Gasteiger partial charge in [0, 0.05) is 32.1 Å². The molecule has 3 heterocycles. The van der Waals surface area contributed by atoms with Gasteiger partial charge in [0.1, 0.15) is 0 Å². The molecular weight excluding hydrogens is 282 g/mol. The topological polar surface area (TPSA) is 84.1 Å². The third kappa shape index (κ3) is 2.43. The van der Waals surface area contributed by atoms with E-state index in [0.717, 1.165) is 17.1 Å². The van der Waals surface area contributed by atoms with Gasteiger partial charge >= 0.3 is 5.97 Å². The van der Waals surface area contributed by atoms with Crippen molar-refractivity contribution in [1.29, 1.82) is 0 Å². The molecule has 7 nitrogen and oxygen atoms in total. The molecule has 1 N–H and O–H groups in total. The molecule has 116 valence electrons. The van der Waals surface area contributed by atoms with Crippen molar-refractivity contribution >= 4 is 11.8 Å². The first kappa shape index (κ1) is 14.5. The molecule has 0 unspecified atom stereocenters. The van der Waals surface area contributed by atoms with E-state index < -0.39 is 11.5 Å². The largest absolute Gasteiger partial charge is 0.479 e. The maximum Gasteiger partial charge on any atom is 0.331 e. The number of nitrogens with zero attached hydrogens (tertiary/aromatic N) is 5. The molecule has 0 aliphatic carbocycles. The molecule has 1 saturated heterocycles. The van der Waals surface area contributed by atoms with Crippen LogP contribution in [0.4, 0.5) is 5.82 Å². The fourth-order valence-electron chi connectivity index (χ4n) is 2.85. The van der Waals surface area contributed by atoms with E-state index in [1.807, 2.05) is 26.0 Å². The first-order valence-corrected chi connectivity index (χ1v) is 7.32. The maximum absolute atomic E-state index is 11.9. The first-order valence-electron chi connectivity index (χ1n) is 7.32. The molecule has 2 aromatic rings. The number of anilines is 1. The summed E-state index contributed by atoms with van der Waals surface area (Å²) in [6.07, 6.45) is 4.47. The van der Waals surface area contributed by atoms with Crippen molar-refractivity contribution in [3.05, 3.63) is 35.8 Å². The van der Waals surface area contributed by atoms with Gasteiger partial charge in [-0.05, 0) is 31.5 Å². The monoisotopic (exact) mass is 301 g/mol. The lowest BCUT2D eigenvalue weighted by molar-refractivity contribution is -0.149. The zero-order chi connectivity index (χ0) is 15.7. The molecule has 7 heteroatoms. The van der Waals surface area contributed by atoms with Gasteiger partial charge in [0.15, 0.2) is 11.4 Å². The second-order valence-electron chi connectivity index (χ2n) is 5.82. The summed E-state index contributed by atoms with van der Waals surface area (Å²) in [6, 6.07) is 3.84. The van der Waals surface area contributed by atoms with Gasteiger partial charge in [-0.2, -0.15) is 10.2 Å². The van der Waals surface area contributed by atoms with E-state index in [4.69, 9.17) is 0 Å². The molecule has 1 aliphatic heterocycles. The molecule has 0 aromatic carbocycles. The van der Waals surface area contributed by atoms with Crippen LogP contribution in [0.1, 0.15) is 24.1 Å². The Morgan fingerprint density at radius 2 is 1.95 bits per heavy atom. The van der Waals surface area contributed by atoms with E-state index in [9.17, 15) is 9.90 Å². The fraction of sp³-hybridized carbons (Fsp3) is 0.467. The fourth-order valence-corrected chi connectivity index (χ4v) is 2.85. The highest BCUT2D eigenvalue weighted by Crippen LogP contribution is 2.32. The lowest BCUT2D eigenvalue weighted by Crippen LogP contribution is -2.51. The third-order valence-electron chi connectivity index (χ3n) is 4.25. The van der Waals surface area contributed by atoms with Gasteiger partial charge in [0.05, 0.1) is 11.9 Å². The Balaban J connectivity index is 1.81. The second-order valence-corrected chi connectivity index (χ2v) is 5.82. The van der Waals surface area contributed by atoms with E-state index in [1.54, 1.807) is 17.1 Å². The lowest BCUT2D eigenvalue weighted by atomic mass is 9.87. The summed E-state index contributed by atoms with van der Waals surface area (Å²) in [7, 11) is 0. The van der Waals surface area contributed by atoms with Gasteiger partial charge in [0.25, 0.3) is 0 Å². The van der Waals surface area contributed by atoms with E-state index in [1.165, 1.54) is 0 Å². The van der Waals surface area contributed by atoms with Crippen LogP contribution in [0.15, 0.2) is 24.5 Å². The molecule has 0 bridgehead atoms. The highest BCUT2D eigenvalue weighted by Gasteiger charge is 2.44. The van der Waals surface area contributed by atoms with Crippen molar-refractivity contribution in [3.63, 3.8) is 0 Å². The van der Waals surface area contributed by atoms with Crippen molar-refractivity contribution in [2.24, 2.45) is 0 Å². The molecule has 0 spiro atoms. The normalized spacial score (nSPS) is 17.5. The van der Waals surface area contributed by atoms with Crippen LogP contribution < -0.4 is 4.90 Å². The van der Waals surface area contributed by atoms with Gasteiger partial charge in [-0.1, -0.05) is 0 Å². The van der Waals surface area contributed by atoms with Gasteiger partial charge in [-0.25, -0.2) is 4.79 Å². The summed E-state index contributed by atoms with van der Waals surface area (Å²) in [5.41, 5.74) is 0.864. The van der Waals surface area contributed by atoms with Crippen LogP contribution in [0.25, 0.3) is 0 Å². The van der Waals surface area contributed by atoms with Gasteiger partial charge in [-0.15, -0.1) is 5.10 Å². The van der Waals surface area contributed by atoms with Crippen LogP contribution >= 0.6 is 0 Å². The maximum atomic E-state index is 11.9. The van der Waals surface area contributed by atoms with Crippen molar-refractivity contribution < 1.29 is 9.90 Å². The highest BCUT2D eigenvalue weighted by molar-refractivity contribution is 5.77. The molecule has 0 atom stereocenters. The smallest absolute Gasteiger partial charge is 0.331 e. The summed E-state index contributed by atoms with van der Waals surface area (Å²) in [5, 5.41) is 22.2. The van der Waals surface area contributed by atoms with Crippen molar-refractivity contribution in [1.82, 2.24) is 20.0 Å². The van der Waals surface area contributed by atoms with Crippen LogP contribution in [0.3, 0.4) is 0 Å². The molecule has 1 fully saturated rings. The molecule has 1 aliphatic rings. The van der Waals surface area contributed by atoms with Crippen molar-refractivity contribution in [2.45, 2.75) is 32.2 Å². The molecule has 0 amide bonds. The van der Waals surface area contributed by atoms with Crippen LogP contribution in [-0.4, -0.2) is 44.1 Å². The lowest BCUT2D eigenvalue weighted by Gasteiger charge is -2.39. The number of carboxylic acid groups (broad SMARTS) is 1. The minimum absolute atomic E-state index is 0.485. The number of aliphatic carboxylic acids is 1. The zero-order valence-corrected chi connectivity index (χ0v) is 12.7. The Bertz CT molecular complexity index is 671. The Kier molecular flexibility index (Phi) is 3.56. The van der Waals surface area contributed by atoms with Gasteiger partial charge < -0.3 is 10.0 Å². The summed E-state index contributed by atoms with van der Waals surface area (Å²) in [6.45, 7) is 5.03. The Morgan fingerprint density at radius 1 is 1.23 bits per heavy atom. The molecule has 22 heavy (non-hydrogen) atoms. The minimum Gasteiger partial charge on any atom is -0.479 e. The summed E-state index contributed by atoms with van der Waals surface area (Å²) in [4.78, 5) is 13.9. The number of piperidine rings is 1. The van der Waals surface area contributed by atoms with E-state index in [0.29, 0.717) is 25.9 Å². The number of aryl methyl sites for hydroxylation is 2. The zero-order valence-electron chi connectivity index (χ0n) is 12.7. The predicted octanol–water partition coefficient (Wildman–Crippen LogP) is 1.37. The van der Waals surface area contributed by atoms with Gasteiger partial charge in [0.2, 0.25) is 0 Å². The number of carboxylic acids is 1. The summed E-state index contributed by atoms with van der Waals surface area (Å²) < 4.78 is 1.60. The van der Waals surface area contributed by atoms with E-state index in [-0.39, 0.29) is 0 Å². The molecule has 0 saturated carbocycles. The van der Waals surface area contributed by atoms with Crippen LogP contribution in [-0.2, 0) is 10.3 Å². The first-order chi connectivity index (χ1) is 10.5. The average Bonchev–Trinajstić information content (AvgIpc) is 2.95. The van der Waals surface area contributed by atoms with Gasteiger partial charge in [-0.3, -0.25) is 4.68 Å². The van der Waals surface area contributed by atoms with Crippen LogP contribution in [0.2, 0.25) is 0 Å².